The summed E-state index contributed by atoms with van der Waals surface area (Å²) in [5.74, 6) is 1.00. The van der Waals surface area contributed by atoms with Gasteiger partial charge in [0.25, 0.3) is 5.69 Å². The topological polar surface area (TPSA) is 80.6 Å². The number of benzene rings is 2. The molecule has 3 aromatic rings. The molecule has 1 N–H and O–H groups in total. The molecule has 2 aromatic carbocycles. The lowest BCUT2D eigenvalue weighted by molar-refractivity contribution is -0.385. The predicted octanol–water partition coefficient (Wildman–Crippen LogP) is 5.13. The summed E-state index contributed by atoms with van der Waals surface area (Å²) >= 11 is 0. The third kappa shape index (κ3) is 3.17. The van der Waals surface area contributed by atoms with E-state index in [0.717, 1.165) is 61.3 Å². The van der Waals surface area contributed by atoms with Crippen LogP contribution in [0.15, 0.2) is 42.5 Å². The largest absolute Gasteiger partial charge is 0.472 e. The number of hydrogen-bond acceptors (Lipinski definition) is 5. The second-order valence-electron chi connectivity index (χ2n) is 9.56. The maximum absolute atomic E-state index is 11.7. The number of aryl methyl sites for hydroxylation is 1. The molecule has 172 valence electrons. The van der Waals surface area contributed by atoms with Gasteiger partial charge in [-0.05, 0) is 37.5 Å². The average Bonchev–Trinajstić information content (AvgIpc) is 3.18. The zero-order valence-corrected chi connectivity index (χ0v) is 18.9. The van der Waals surface area contributed by atoms with Crippen molar-refractivity contribution in [1.29, 1.82) is 0 Å². The summed E-state index contributed by atoms with van der Waals surface area (Å²) in [5.41, 5.74) is 4.13. The lowest BCUT2D eigenvalue weighted by Gasteiger charge is -2.56. The first-order valence-electron chi connectivity index (χ1n) is 12.0. The Labute approximate surface area is 192 Å². The first-order chi connectivity index (χ1) is 16.1. The van der Waals surface area contributed by atoms with Gasteiger partial charge >= 0.3 is 0 Å². The minimum atomic E-state index is -0.416. The zero-order valence-electron chi connectivity index (χ0n) is 18.9. The van der Waals surface area contributed by atoms with Crippen molar-refractivity contribution >= 4 is 16.6 Å². The van der Waals surface area contributed by atoms with Crippen molar-refractivity contribution in [2.24, 2.45) is 5.92 Å². The fourth-order valence-corrected chi connectivity index (χ4v) is 6.55. The molecule has 7 nitrogen and oxygen atoms in total. The fraction of sp³-hybridized carbons (Fsp3) is 0.462. The van der Waals surface area contributed by atoms with E-state index < -0.39 is 5.72 Å². The number of hydrogen-bond donors (Lipinski definition) is 1. The van der Waals surface area contributed by atoms with Crippen molar-refractivity contribution in [3.63, 3.8) is 0 Å². The van der Waals surface area contributed by atoms with Gasteiger partial charge in [-0.15, -0.1) is 0 Å². The van der Waals surface area contributed by atoms with Gasteiger partial charge in [0.05, 0.1) is 18.1 Å². The van der Waals surface area contributed by atoms with Crippen LogP contribution in [-0.4, -0.2) is 46.8 Å². The van der Waals surface area contributed by atoms with Crippen LogP contribution in [0.25, 0.3) is 10.9 Å². The highest BCUT2D eigenvalue weighted by Gasteiger charge is 2.55. The highest BCUT2D eigenvalue weighted by molar-refractivity contribution is 5.86. The van der Waals surface area contributed by atoms with Crippen LogP contribution in [0.2, 0.25) is 0 Å². The number of fused-ring (bicyclic) bond motifs is 3. The van der Waals surface area contributed by atoms with E-state index in [-0.39, 0.29) is 22.4 Å². The summed E-state index contributed by atoms with van der Waals surface area (Å²) in [6, 6.07) is 13.5. The highest BCUT2D eigenvalue weighted by Crippen LogP contribution is 2.57. The third-order valence-electron chi connectivity index (χ3n) is 7.91. The third-order valence-corrected chi connectivity index (χ3v) is 7.91. The molecule has 1 aromatic heterocycles. The van der Waals surface area contributed by atoms with Crippen LogP contribution >= 0.6 is 0 Å². The van der Waals surface area contributed by atoms with Crippen LogP contribution in [0, 0.1) is 23.0 Å². The molecule has 0 amide bonds. The smallest absolute Gasteiger partial charge is 0.269 e. The second-order valence-corrected chi connectivity index (χ2v) is 9.56. The van der Waals surface area contributed by atoms with Crippen molar-refractivity contribution in [1.82, 2.24) is 9.88 Å². The molecule has 3 unspecified atom stereocenters. The van der Waals surface area contributed by atoms with Crippen molar-refractivity contribution < 1.29 is 14.4 Å². The number of nitro groups is 1. The monoisotopic (exact) mass is 447 g/mol. The fourth-order valence-electron chi connectivity index (χ4n) is 6.55. The molecule has 0 bridgehead atoms. The quantitative estimate of drug-likeness (QED) is 0.445. The van der Waals surface area contributed by atoms with E-state index in [4.69, 9.17) is 9.47 Å². The molecule has 6 rings (SSSR count). The van der Waals surface area contributed by atoms with Crippen LogP contribution in [0.5, 0.6) is 5.75 Å². The second kappa shape index (κ2) is 7.85. The van der Waals surface area contributed by atoms with Gasteiger partial charge in [-0.25, -0.2) is 0 Å². The number of non-ortho nitro benzene ring substituents is 1. The predicted molar refractivity (Wildman–Crippen MR) is 126 cm³/mol. The number of rotatable bonds is 3. The van der Waals surface area contributed by atoms with Crippen molar-refractivity contribution in [2.45, 2.75) is 44.2 Å². The van der Waals surface area contributed by atoms with E-state index in [2.05, 4.69) is 35.0 Å². The number of nitrogens with one attached hydrogen (secondary N) is 1. The number of morpholine rings is 1. The molecule has 0 radical (unpaired) electrons. The summed E-state index contributed by atoms with van der Waals surface area (Å²) in [4.78, 5) is 17.4. The highest BCUT2D eigenvalue weighted by atomic mass is 16.6. The van der Waals surface area contributed by atoms with Gasteiger partial charge in [-0.3, -0.25) is 15.0 Å². The minimum Gasteiger partial charge on any atom is -0.472 e. The van der Waals surface area contributed by atoms with E-state index in [1.165, 1.54) is 10.9 Å². The number of H-pyrrole nitrogens is 1. The molecule has 2 aliphatic heterocycles. The summed E-state index contributed by atoms with van der Waals surface area (Å²) in [5, 5.41) is 12.9. The van der Waals surface area contributed by atoms with Crippen LogP contribution in [0.1, 0.15) is 48.4 Å². The zero-order chi connectivity index (χ0) is 22.6. The van der Waals surface area contributed by atoms with Gasteiger partial charge in [0.15, 0.2) is 5.72 Å². The van der Waals surface area contributed by atoms with E-state index in [1.807, 2.05) is 12.1 Å². The molecule has 0 spiro atoms. The lowest BCUT2D eigenvalue weighted by atomic mass is 9.66. The van der Waals surface area contributed by atoms with Crippen molar-refractivity contribution in [3.8, 4) is 5.75 Å². The Bertz CT molecular complexity index is 1220. The maximum Gasteiger partial charge on any atom is 0.269 e. The first kappa shape index (κ1) is 20.7. The van der Waals surface area contributed by atoms with Crippen LogP contribution in [0.3, 0.4) is 0 Å². The summed E-state index contributed by atoms with van der Waals surface area (Å²) < 4.78 is 12.6. The molecule has 1 saturated heterocycles. The molecule has 3 atom stereocenters. The number of ether oxygens (including phenoxy) is 2. The van der Waals surface area contributed by atoms with E-state index in [1.54, 1.807) is 12.1 Å². The Morgan fingerprint density at radius 2 is 1.97 bits per heavy atom. The molecule has 2 fully saturated rings. The standard InChI is InChI=1S/C26H29N3O4/c1-17-24(19-6-2-3-8-22(19)27-17)25-20-16-18(29(30)31)9-10-23(20)33-26(11-5-4-7-21(25)26)28-12-14-32-15-13-28/h2-3,6,8-10,16,21,25,27H,4-5,7,11-15H2,1H3. The van der Waals surface area contributed by atoms with E-state index >= 15 is 0 Å². The number of para-hydroxylation sites is 1. The van der Waals surface area contributed by atoms with Gasteiger partial charge in [0, 0.05) is 65.6 Å². The van der Waals surface area contributed by atoms with Crippen LogP contribution in [0.4, 0.5) is 5.69 Å². The molecule has 1 saturated carbocycles. The van der Waals surface area contributed by atoms with E-state index in [9.17, 15) is 10.1 Å². The molecular weight excluding hydrogens is 418 g/mol. The summed E-state index contributed by atoms with van der Waals surface area (Å²) in [7, 11) is 0. The van der Waals surface area contributed by atoms with E-state index in [0.29, 0.717) is 13.2 Å². The Morgan fingerprint density at radius 3 is 2.79 bits per heavy atom. The summed E-state index contributed by atoms with van der Waals surface area (Å²) in [6.07, 6.45) is 4.26. The van der Waals surface area contributed by atoms with Gasteiger partial charge in [0.2, 0.25) is 0 Å². The maximum atomic E-state index is 11.7. The molecule has 1 aliphatic carbocycles. The van der Waals surface area contributed by atoms with Crippen LogP contribution < -0.4 is 4.74 Å². The Balaban J connectivity index is 1.60. The van der Waals surface area contributed by atoms with Gasteiger partial charge in [-0.2, -0.15) is 0 Å². The normalized spacial score (nSPS) is 27.5. The van der Waals surface area contributed by atoms with Gasteiger partial charge in [0.1, 0.15) is 5.75 Å². The first-order valence-corrected chi connectivity index (χ1v) is 12.0. The Morgan fingerprint density at radius 1 is 1.15 bits per heavy atom. The molecule has 3 heterocycles. The van der Waals surface area contributed by atoms with Gasteiger partial charge in [-0.1, -0.05) is 24.6 Å². The minimum absolute atomic E-state index is 0.0212. The molecular formula is C26H29N3O4. The Kier molecular flexibility index (Phi) is 4.92. The molecule has 3 aliphatic rings. The number of nitrogens with zero attached hydrogens (tertiary/aromatic N) is 2. The summed E-state index contributed by atoms with van der Waals surface area (Å²) in [6.45, 7) is 5.24. The number of aromatic amines is 1. The lowest BCUT2D eigenvalue weighted by Crippen LogP contribution is -2.64. The van der Waals surface area contributed by atoms with Crippen molar-refractivity contribution in [3.05, 3.63) is 69.4 Å². The van der Waals surface area contributed by atoms with Gasteiger partial charge < -0.3 is 14.5 Å². The van der Waals surface area contributed by atoms with Crippen LogP contribution in [-0.2, 0) is 4.74 Å². The average molecular weight is 448 g/mol. The Hall–Kier alpha value is -2.90. The number of nitro benzene ring substituents is 1. The molecule has 7 heteroatoms. The molecule has 33 heavy (non-hydrogen) atoms. The number of aromatic nitrogens is 1. The SMILES string of the molecule is Cc1[nH]c2ccccc2c1C1c2cc([N+](=O)[O-])ccc2OC2(N3CCOCC3)CCCCC12. The van der Waals surface area contributed by atoms with Crippen molar-refractivity contribution in [2.75, 3.05) is 26.3 Å².